The number of aryl methyl sites for hydroxylation is 1. The van der Waals surface area contributed by atoms with E-state index >= 15 is 0 Å². The first kappa shape index (κ1) is 15.1. The number of aromatic nitrogens is 4. The van der Waals surface area contributed by atoms with Crippen LogP contribution in [0.2, 0.25) is 0 Å². The molecular weight excluding hydrogens is 268 g/mol. The van der Waals surface area contributed by atoms with Crippen LogP contribution in [0.5, 0.6) is 0 Å². The van der Waals surface area contributed by atoms with Crippen molar-refractivity contribution in [1.29, 1.82) is 0 Å². The molecule has 7 nitrogen and oxygen atoms in total. The second-order valence-corrected chi connectivity index (χ2v) is 5.28. The Morgan fingerprint density at radius 3 is 2.81 bits per heavy atom. The normalized spacial score (nSPS) is 13.7. The molecule has 7 heteroatoms. The van der Waals surface area contributed by atoms with Crippen LogP contribution >= 0.6 is 0 Å². The van der Waals surface area contributed by atoms with Crippen molar-refractivity contribution in [2.75, 3.05) is 11.9 Å². The topological polar surface area (TPSA) is 98.7 Å². The molecular formula is C14H20N6O. The summed E-state index contributed by atoms with van der Waals surface area (Å²) in [5.74, 6) is 0.559. The highest BCUT2D eigenvalue weighted by Gasteiger charge is 2.29. The minimum absolute atomic E-state index is 0.0826. The van der Waals surface area contributed by atoms with Gasteiger partial charge in [0.25, 0.3) is 0 Å². The molecule has 1 aromatic heterocycles. The summed E-state index contributed by atoms with van der Waals surface area (Å²) in [4.78, 5) is 12.3. The van der Waals surface area contributed by atoms with E-state index in [-0.39, 0.29) is 5.91 Å². The van der Waals surface area contributed by atoms with Crippen molar-refractivity contribution >= 4 is 11.6 Å². The molecule has 0 aliphatic heterocycles. The van der Waals surface area contributed by atoms with Crippen LogP contribution in [0.15, 0.2) is 24.3 Å². The molecule has 0 saturated carbocycles. The standard InChI is InChI=1S/C14H20N6O/c1-4-14(2,9-15)13(21)16-11-7-5-6-10(8-11)12-17-18-19-20(12)3/h5-8H,4,9,15H2,1-3H3,(H,16,21). The zero-order valence-corrected chi connectivity index (χ0v) is 12.5. The average molecular weight is 288 g/mol. The smallest absolute Gasteiger partial charge is 0.231 e. The number of carbonyl (C=O) groups is 1. The van der Waals surface area contributed by atoms with Gasteiger partial charge in [0.05, 0.1) is 5.41 Å². The molecule has 0 aliphatic rings. The lowest BCUT2D eigenvalue weighted by Gasteiger charge is -2.25. The van der Waals surface area contributed by atoms with Gasteiger partial charge in [-0.05, 0) is 35.9 Å². The Morgan fingerprint density at radius 2 is 2.24 bits per heavy atom. The zero-order chi connectivity index (χ0) is 15.5. The van der Waals surface area contributed by atoms with Gasteiger partial charge in [-0.3, -0.25) is 4.79 Å². The van der Waals surface area contributed by atoms with Crippen molar-refractivity contribution in [3.8, 4) is 11.4 Å². The summed E-state index contributed by atoms with van der Waals surface area (Å²) in [6.07, 6.45) is 0.683. The lowest BCUT2D eigenvalue weighted by molar-refractivity contribution is -0.124. The molecule has 0 fully saturated rings. The van der Waals surface area contributed by atoms with E-state index in [1.807, 2.05) is 38.1 Å². The van der Waals surface area contributed by atoms with Gasteiger partial charge >= 0.3 is 0 Å². The Hall–Kier alpha value is -2.28. The van der Waals surface area contributed by atoms with Crippen LogP contribution in [0.1, 0.15) is 20.3 Å². The maximum atomic E-state index is 12.3. The third-order valence-corrected chi connectivity index (χ3v) is 3.78. The van der Waals surface area contributed by atoms with E-state index in [2.05, 4.69) is 20.8 Å². The Kier molecular flexibility index (Phi) is 4.32. The van der Waals surface area contributed by atoms with E-state index in [0.29, 0.717) is 24.5 Å². The van der Waals surface area contributed by atoms with Crippen LogP contribution in [0.3, 0.4) is 0 Å². The number of rotatable bonds is 5. The Labute approximate surface area is 123 Å². The molecule has 1 heterocycles. The number of anilines is 1. The summed E-state index contributed by atoms with van der Waals surface area (Å²) in [7, 11) is 1.77. The SMILES string of the molecule is CCC(C)(CN)C(=O)Nc1cccc(-c2nnnn2C)c1. The quantitative estimate of drug-likeness (QED) is 0.861. The summed E-state index contributed by atoms with van der Waals surface area (Å²) in [5.41, 5.74) is 6.68. The van der Waals surface area contributed by atoms with Gasteiger partial charge in [0, 0.05) is 24.8 Å². The van der Waals surface area contributed by atoms with Gasteiger partial charge in [0.1, 0.15) is 0 Å². The van der Waals surface area contributed by atoms with Crippen LogP contribution in [0, 0.1) is 5.41 Å². The van der Waals surface area contributed by atoms with Crippen molar-refractivity contribution in [2.45, 2.75) is 20.3 Å². The van der Waals surface area contributed by atoms with Gasteiger partial charge in [-0.1, -0.05) is 19.1 Å². The number of hydrogen-bond donors (Lipinski definition) is 2. The first-order chi connectivity index (χ1) is 10.00. The predicted molar refractivity (Wildman–Crippen MR) is 80.3 cm³/mol. The lowest BCUT2D eigenvalue weighted by Crippen LogP contribution is -2.39. The molecule has 1 aromatic carbocycles. The number of hydrogen-bond acceptors (Lipinski definition) is 5. The fourth-order valence-electron chi connectivity index (χ4n) is 1.89. The molecule has 3 N–H and O–H groups in total. The predicted octanol–water partition coefficient (Wildman–Crippen LogP) is 1.19. The van der Waals surface area contributed by atoms with E-state index in [0.717, 1.165) is 5.56 Å². The summed E-state index contributed by atoms with van der Waals surface area (Å²) in [5, 5.41) is 14.3. The molecule has 0 spiro atoms. The average Bonchev–Trinajstić information content (AvgIpc) is 2.92. The van der Waals surface area contributed by atoms with Gasteiger partial charge in [0.2, 0.25) is 5.91 Å². The van der Waals surface area contributed by atoms with Crippen LogP contribution in [0.4, 0.5) is 5.69 Å². The van der Waals surface area contributed by atoms with Gasteiger partial charge in [-0.15, -0.1) is 5.10 Å². The molecule has 112 valence electrons. The first-order valence-corrected chi connectivity index (χ1v) is 6.84. The number of nitrogens with two attached hydrogens (primary N) is 1. The molecule has 0 saturated heterocycles. The minimum Gasteiger partial charge on any atom is -0.329 e. The summed E-state index contributed by atoms with van der Waals surface area (Å²) >= 11 is 0. The van der Waals surface area contributed by atoms with Crippen LogP contribution < -0.4 is 11.1 Å². The maximum absolute atomic E-state index is 12.3. The molecule has 1 amide bonds. The van der Waals surface area contributed by atoms with Crippen molar-refractivity contribution in [2.24, 2.45) is 18.2 Å². The summed E-state index contributed by atoms with van der Waals surface area (Å²) in [6.45, 7) is 4.12. The van der Waals surface area contributed by atoms with Gasteiger partial charge in [-0.25, -0.2) is 4.68 Å². The van der Waals surface area contributed by atoms with E-state index in [1.54, 1.807) is 11.7 Å². The van der Waals surface area contributed by atoms with Crippen LogP contribution in [0.25, 0.3) is 11.4 Å². The zero-order valence-electron chi connectivity index (χ0n) is 12.5. The van der Waals surface area contributed by atoms with Crippen molar-refractivity contribution in [3.63, 3.8) is 0 Å². The number of amides is 1. The fourth-order valence-corrected chi connectivity index (χ4v) is 1.89. The number of nitrogens with zero attached hydrogens (tertiary/aromatic N) is 4. The molecule has 21 heavy (non-hydrogen) atoms. The Balaban J connectivity index is 2.23. The fraction of sp³-hybridized carbons (Fsp3) is 0.429. The van der Waals surface area contributed by atoms with E-state index in [4.69, 9.17) is 5.73 Å². The summed E-state index contributed by atoms with van der Waals surface area (Å²) in [6, 6.07) is 7.42. The number of carbonyl (C=O) groups excluding carboxylic acids is 1. The molecule has 0 bridgehead atoms. The highest BCUT2D eigenvalue weighted by molar-refractivity contribution is 5.95. The van der Waals surface area contributed by atoms with Gasteiger partial charge in [0.15, 0.2) is 5.82 Å². The molecule has 0 radical (unpaired) electrons. The largest absolute Gasteiger partial charge is 0.329 e. The third kappa shape index (κ3) is 3.08. The van der Waals surface area contributed by atoms with Crippen molar-refractivity contribution in [3.05, 3.63) is 24.3 Å². The monoisotopic (exact) mass is 288 g/mol. The maximum Gasteiger partial charge on any atom is 0.231 e. The van der Waals surface area contributed by atoms with Crippen molar-refractivity contribution in [1.82, 2.24) is 20.2 Å². The molecule has 0 aliphatic carbocycles. The van der Waals surface area contributed by atoms with Crippen molar-refractivity contribution < 1.29 is 4.79 Å². The van der Waals surface area contributed by atoms with Gasteiger partial charge < -0.3 is 11.1 Å². The second kappa shape index (κ2) is 6.01. The first-order valence-electron chi connectivity index (χ1n) is 6.84. The second-order valence-electron chi connectivity index (χ2n) is 5.28. The highest BCUT2D eigenvalue weighted by atomic mass is 16.2. The highest BCUT2D eigenvalue weighted by Crippen LogP contribution is 2.24. The number of benzene rings is 1. The molecule has 1 unspecified atom stereocenters. The number of tetrazole rings is 1. The van der Waals surface area contributed by atoms with E-state index in [1.165, 1.54) is 0 Å². The van der Waals surface area contributed by atoms with E-state index in [9.17, 15) is 4.79 Å². The molecule has 2 aromatic rings. The number of nitrogens with one attached hydrogen (secondary N) is 1. The Morgan fingerprint density at radius 1 is 1.48 bits per heavy atom. The van der Waals surface area contributed by atoms with Gasteiger partial charge in [-0.2, -0.15) is 0 Å². The molecule has 1 atom stereocenters. The lowest BCUT2D eigenvalue weighted by atomic mass is 9.86. The molecule has 2 rings (SSSR count). The summed E-state index contributed by atoms with van der Waals surface area (Å²) < 4.78 is 1.58. The third-order valence-electron chi connectivity index (χ3n) is 3.78. The van der Waals surface area contributed by atoms with Crippen LogP contribution in [-0.4, -0.2) is 32.7 Å². The van der Waals surface area contributed by atoms with E-state index < -0.39 is 5.41 Å². The van der Waals surface area contributed by atoms with Crippen LogP contribution in [-0.2, 0) is 11.8 Å². The Bertz CT molecular complexity index is 632. The minimum atomic E-state index is -0.567.